The third-order valence-electron chi connectivity index (χ3n) is 3.40. The highest BCUT2D eigenvalue weighted by Crippen LogP contribution is 2.45. The fourth-order valence-corrected chi connectivity index (χ4v) is 3.75. The average Bonchev–Trinajstić information content (AvgIpc) is 2.65. The predicted molar refractivity (Wildman–Crippen MR) is 72.3 cm³/mol. The van der Waals surface area contributed by atoms with Gasteiger partial charge in [-0.15, -0.1) is 11.8 Å². The Morgan fingerprint density at radius 1 is 1.38 bits per heavy atom. The summed E-state index contributed by atoms with van der Waals surface area (Å²) in [5, 5.41) is 4.16. The molecule has 0 saturated heterocycles. The summed E-state index contributed by atoms with van der Waals surface area (Å²) in [4.78, 5) is 1.47. The summed E-state index contributed by atoms with van der Waals surface area (Å²) in [5.74, 6) is 0.619. The van der Waals surface area contributed by atoms with E-state index in [0.717, 1.165) is 0 Å². The van der Waals surface area contributed by atoms with Crippen LogP contribution in [0.2, 0.25) is 0 Å². The molecule has 2 atom stereocenters. The Bertz CT molecular complexity index is 373. The Labute approximate surface area is 103 Å². The van der Waals surface area contributed by atoms with Gasteiger partial charge in [0.05, 0.1) is 0 Å². The van der Waals surface area contributed by atoms with E-state index < -0.39 is 0 Å². The summed E-state index contributed by atoms with van der Waals surface area (Å²) in [7, 11) is 2.07. The third kappa shape index (κ3) is 2.01. The molecule has 1 heterocycles. The van der Waals surface area contributed by atoms with Crippen molar-refractivity contribution in [1.29, 1.82) is 0 Å². The smallest absolute Gasteiger partial charge is 0.0452 e. The molecule has 1 nitrogen and oxygen atoms in total. The quantitative estimate of drug-likeness (QED) is 0.851. The van der Waals surface area contributed by atoms with Crippen molar-refractivity contribution in [3.63, 3.8) is 0 Å². The van der Waals surface area contributed by atoms with Crippen molar-refractivity contribution in [2.45, 2.75) is 49.3 Å². The highest BCUT2D eigenvalue weighted by molar-refractivity contribution is 8.00. The lowest BCUT2D eigenvalue weighted by molar-refractivity contribution is 0.562. The van der Waals surface area contributed by atoms with Gasteiger partial charge in [0.1, 0.15) is 0 Å². The van der Waals surface area contributed by atoms with Crippen molar-refractivity contribution in [1.82, 2.24) is 5.32 Å². The van der Waals surface area contributed by atoms with Crippen LogP contribution in [0.1, 0.15) is 50.3 Å². The molecule has 0 aliphatic carbocycles. The minimum absolute atomic E-state index is 0.531. The summed E-state index contributed by atoms with van der Waals surface area (Å²) >= 11 is 2.03. The molecular formula is C14H21NS. The van der Waals surface area contributed by atoms with E-state index in [2.05, 4.69) is 51.3 Å². The number of fused-ring (bicyclic) bond motifs is 1. The largest absolute Gasteiger partial charge is 0.312 e. The Kier molecular flexibility index (Phi) is 3.60. The second kappa shape index (κ2) is 4.80. The molecule has 0 saturated carbocycles. The molecule has 0 radical (unpaired) electrons. The molecule has 0 aromatic heterocycles. The molecule has 2 rings (SSSR count). The summed E-state index contributed by atoms with van der Waals surface area (Å²) in [6, 6.07) is 7.50. The predicted octanol–water partition coefficient (Wildman–Crippen LogP) is 3.95. The van der Waals surface area contributed by atoms with Crippen LogP contribution in [0, 0.1) is 0 Å². The van der Waals surface area contributed by atoms with E-state index in [1.165, 1.54) is 22.4 Å². The van der Waals surface area contributed by atoms with Crippen LogP contribution in [0.15, 0.2) is 23.1 Å². The minimum atomic E-state index is 0.531. The lowest BCUT2D eigenvalue weighted by Crippen LogP contribution is -2.23. The van der Waals surface area contributed by atoms with Crippen molar-refractivity contribution >= 4 is 11.8 Å². The van der Waals surface area contributed by atoms with E-state index in [9.17, 15) is 0 Å². The lowest BCUT2D eigenvalue weighted by Gasteiger charge is -2.17. The average molecular weight is 235 g/mol. The zero-order valence-corrected chi connectivity index (χ0v) is 11.4. The van der Waals surface area contributed by atoms with Crippen LogP contribution in [-0.2, 0) is 0 Å². The first kappa shape index (κ1) is 12.0. The monoisotopic (exact) mass is 235 g/mol. The van der Waals surface area contributed by atoms with E-state index in [1.807, 2.05) is 11.8 Å². The van der Waals surface area contributed by atoms with Crippen LogP contribution in [0.5, 0.6) is 0 Å². The van der Waals surface area contributed by atoms with Gasteiger partial charge >= 0.3 is 0 Å². The van der Waals surface area contributed by atoms with Crippen LogP contribution < -0.4 is 5.32 Å². The van der Waals surface area contributed by atoms with Crippen molar-refractivity contribution in [3.05, 3.63) is 29.3 Å². The molecule has 1 aliphatic heterocycles. The summed E-state index contributed by atoms with van der Waals surface area (Å²) < 4.78 is 0. The maximum atomic E-state index is 3.47. The zero-order valence-electron chi connectivity index (χ0n) is 10.6. The van der Waals surface area contributed by atoms with Crippen LogP contribution in [0.4, 0.5) is 0 Å². The molecule has 0 fully saturated rings. The van der Waals surface area contributed by atoms with Gasteiger partial charge in [-0.3, -0.25) is 0 Å². The molecule has 0 spiro atoms. The molecular weight excluding hydrogens is 214 g/mol. The molecule has 1 aliphatic rings. The molecule has 1 aromatic carbocycles. The SMILES string of the molecule is CCC1Sc2ccc(C(C)C)cc2C1NC. The van der Waals surface area contributed by atoms with Crippen LogP contribution in [0.3, 0.4) is 0 Å². The maximum Gasteiger partial charge on any atom is 0.0452 e. The van der Waals surface area contributed by atoms with Gasteiger partial charge in [-0.05, 0) is 36.6 Å². The standard InChI is InChI=1S/C14H21NS/c1-5-12-14(15-4)11-8-10(9(2)3)6-7-13(11)16-12/h6-9,12,14-15H,5H2,1-4H3. The number of rotatable bonds is 3. The number of nitrogens with one attached hydrogen (secondary N) is 1. The van der Waals surface area contributed by atoms with Gasteiger partial charge in [0.15, 0.2) is 0 Å². The Morgan fingerprint density at radius 3 is 2.69 bits per heavy atom. The fourth-order valence-electron chi connectivity index (χ4n) is 2.37. The molecule has 2 unspecified atom stereocenters. The van der Waals surface area contributed by atoms with Gasteiger partial charge in [-0.2, -0.15) is 0 Å². The van der Waals surface area contributed by atoms with Crippen LogP contribution in [-0.4, -0.2) is 12.3 Å². The van der Waals surface area contributed by atoms with E-state index in [-0.39, 0.29) is 0 Å². The molecule has 1 N–H and O–H groups in total. The second-order valence-electron chi connectivity index (χ2n) is 4.78. The van der Waals surface area contributed by atoms with Crippen molar-refractivity contribution in [2.24, 2.45) is 0 Å². The van der Waals surface area contributed by atoms with Crippen molar-refractivity contribution in [3.8, 4) is 0 Å². The number of benzene rings is 1. The minimum Gasteiger partial charge on any atom is -0.312 e. The van der Waals surface area contributed by atoms with E-state index in [4.69, 9.17) is 0 Å². The Balaban J connectivity index is 2.37. The second-order valence-corrected chi connectivity index (χ2v) is 6.06. The highest BCUT2D eigenvalue weighted by Gasteiger charge is 2.31. The molecule has 0 amide bonds. The third-order valence-corrected chi connectivity index (χ3v) is 4.93. The van der Waals surface area contributed by atoms with Crippen molar-refractivity contribution < 1.29 is 0 Å². The molecule has 88 valence electrons. The van der Waals surface area contributed by atoms with Crippen LogP contribution >= 0.6 is 11.8 Å². The zero-order chi connectivity index (χ0) is 11.7. The van der Waals surface area contributed by atoms with E-state index in [1.54, 1.807) is 0 Å². The molecule has 1 aromatic rings. The fraction of sp³-hybridized carbons (Fsp3) is 0.571. The first-order valence-electron chi connectivity index (χ1n) is 6.15. The van der Waals surface area contributed by atoms with Gasteiger partial charge < -0.3 is 5.32 Å². The summed E-state index contributed by atoms with van der Waals surface area (Å²) in [6.45, 7) is 6.79. The van der Waals surface area contributed by atoms with Gasteiger partial charge in [0.2, 0.25) is 0 Å². The van der Waals surface area contributed by atoms with Gasteiger partial charge in [0.25, 0.3) is 0 Å². The number of hydrogen-bond donors (Lipinski definition) is 1. The topological polar surface area (TPSA) is 12.0 Å². The maximum absolute atomic E-state index is 3.47. The normalized spacial score (nSPS) is 23.8. The Hall–Kier alpha value is -0.470. The summed E-state index contributed by atoms with van der Waals surface area (Å²) in [6.07, 6.45) is 1.22. The lowest BCUT2D eigenvalue weighted by atomic mass is 9.96. The first-order chi connectivity index (χ1) is 7.67. The highest BCUT2D eigenvalue weighted by atomic mass is 32.2. The van der Waals surface area contributed by atoms with E-state index in [0.29, 0.717) is 17.2 Å². The van der Waals surface area contributed by atoms with Gasteiger partial charge in [0, 0.05) is 16.2 Å². The molecule has 2 heteroatoms. The number of thioether (sulfide) groups is 1. The van der Waals surface area contributed by atoms with E-state index >= 15 is 0 Å². The summed E-state index contributed by atoms with van der Waals surface area (Å²) in [5.41, 5.74) is 2.96. The first-order valence-corrected chi connectivity index (χ1v) is 7.03. The number of hydrogen-bond acceptors (Lipinski definition) is 2. The molecule has 16 heavy (non-hydrogen) atoms. The van der Waals surface area contributed by atoms with Gasteiger partial charge in [-0.1, -0.05) is 32.9 Å². The Morgan fingerprint density at radius 2 is 2.12 bits per heavy atom. The van der Waals surface area contributed by atoms with Gasteiger partial charge in [-0.25, -0.2) is 0 Å². The van der Waals surface area contributed by atoms with Crippen molar-refractivity contribution in [2.75, 3.05) is 7.05 Å². The molecule has 0 bridgehead atoms. The van der Waals surface area contributed by atoms with Crippen LogP contribution in [0.25, 0.3) is 0 Å².